The molecule has 1 aromatic heterocycles. The fraction of sp³-hybridized carbons (Fsp3) is 0.364. The van der Waals surface area contributed by atoms with Crippen molar-refractivity contribution >= 4 is 11.0 Å². The van der Waals surface area contributed by atoms with Crippen molar-refractivity contribution in [3.05, 3.63) is 29.6 Å². The van der Waals surface area contributed by atoms with Crippen LogP contribution >= 0.6 is 0 Å². The predicted molar refractivity (Wildman–Crippen MR) is 55.7 cm³/mol. The minimum atomic E-state index is -0.884. The molecule has 3 N–H and O–H groups in total. The number of imidazole rings is 1. The molecule has 0 bridgehead atoms. The van der Waals surface area contributed by atoms with Crippen LogP contribution in [0, 0.1) is 11.6 Å². The van der Waals surface area contributed by atoms with Crippen LogP contribution in [0.4, 0.5) is 8.78 Å². The fourth-order valence-electron chi connectivity index (χ4n) is 2.04. The van der Waals surface area contributed by atoms with Gasteiger partial charge in [-0.2, -0.15) is 0 Å². The highest BCUT2D eigenvalue weighted by molar-refractivity contribution is 5.75. The Bertz CT molecular complexity index is 519. The van der Waals surface area contributed by atoms with Crippen molar-refractivity contribution in [3.8, 4) is 0 Å². The zero-order chi connectivity index (χ0) is 11.3. The van der Waals surface area contributed by atoms with Gasteiger partial charge in [0.25, 0.3) is 0 Å². The van der Waals surface area contributed by atoms with Gasteiger partial charge in [0.2, 0.25) is 0 Å². The van der Waals surface area contributed by atoms with Gasteiger partial charge in [-0.3, -0.25) is 0 Å². The summed E-state index contributed by atoms with van der Waals surface area (Å²) in [6.45, 7) is 0. The normalized spacial score (nSPS) is 18.7. The van der Waals surface area contributed by atoms with Gasteiger partial charge in [-0.05, 0) is 19.3 Å². The average Bonchev–Trinajstić information content (AvgIpc) is 2.58. The van der Waals surface area contributed by atoms with Gasteiger partial charge in [0.15, 0.2) is 11.6 Å². The smallest absolute Gasteiger partial charge is 0.161 e. The van der Waals surface area contributed by atoms with E-state index in [-0.39, 0.29) is 0 Å². The number of aromatic nitrogens is 2. The van der Waals surface area contributed by atoms with Crippen molar-refractivity contribution in [2.24, 2.45) is 5.73 Å². The molecule has 0 amide bonds. The third-order valence-corrected chi connectivity index (χ3v) is 3.24. The summed E-state index contributed by atoms with van der Waals surface area (Å²) < 4.78 is 26.0. The maximum Gasteiger partial charge on any atom is 0.161 e. The monoisotopic (exact) mass is 223 g/mol. The molecule has 1 heterocycles. The number of H-pyrrole nitrogens is 1. The van der Waals surface area contributed by atoms with E-state index in [1.54, 1.807) is 0 Å². The number of benzene rings is 1. The summed E-state index contributed by atoms with van der Waals surface area (Å²) in [5.74, 6) is -1.13. The van der Waals surface area contributed by atoms with Crippen LogP contribution in [0.25, 0.3) is 11.0 Å². The number of rotatable bonds is 1. The fourth-order valence-corrected chi connectivity index (χ4v) is 2.04. The van der Waals surface area contributed by atoms with Gasteiger partial charge >= 0.3 is 0 Å². The Hall–Kier alpha value is -1.49. The molecule has 0 spiro atoms. The van der Waals surface area contributed by atoms with E-state index in [4.69, 9.17) is 5.73 Å². The summed E-state index contributed by atoms with van der Waals surface area (Å²) in [5, 5.41) is 0. The van der Waals surface area contributed by atoms with Crippen molar-refractivity contribution in [1.29, 1.82) is 0 Å². The third-order valence-electron chi connectivity index (χ3n) is 3.24. The Morgan fingerprint density at radius 1 is 1.25 bits per heavy atom. The Kier molecular flexibility index (Phi) is 1.83. The van der Waals surface area contributed by atoms with Gasteiger partial charge in [0.1, 0.15) is 5.82 Å². The molecule has 0 atom stereocenters. The number of nitrogens with one attached hydrogen (secondary N) is 1. The third kappa shape index (κ3) is 1.24. The summed E-state index contributed by atoms with van der Waals surface area (Å²) in [5.41, 5.74) is 6.56. The lowest BCUT2D eigenvalue weighted by atomic mass is 9.77. The van der Waals surface area contributed by atoms with Crippen molar-refractivity contribution in [1.82, 2.24) is 9.97 Å². The molecule has 1 fully saturated rings. The maximum atomic E-state index is 13.0. The molecule has 5 heteroatoms. The van der Waals surface area contributed by atoms with Crippen LogP contribution in [0.15, 0.2) is 12.1 Å². The largest absolute Gasteiger partial charge is 0.340 e. The highest BCUT2D eigenvalue weighted by atomic mass is 19.2. The molecular formula is C11H11F2N3. The molecule has 16 heavy (non-hydrogen) atoms. The number of halogens is 2. The van der Waals surface area contributed by atoms with Gasteiger partial charge in [-0.15, -0.1) is 0 Å². The van der Waals surface area contributed by atoms with Crippen molar-refractivity contribution in [3.63, 3.8) is 0 Å². The second-order valence-electron chi connectivity index (χ2n) is 4.38. The topological polar surface area (TPSA) is 54.7 Å². The van der Waals surface area contributed by atoms with Gasteiger partial charge in [0.05, 0.1) is 16.6 Å². The van der Waals surface area contributed by atoms with E-state index >= 15 is 0 Å². The molecule has 1 aliphatic rings. The first-order valence-corrected chi connectivity index (χ1v) is 5.23. The molecular weight excluding hydrogens is 212 g/mol. The summed E-state index contributed by atoms with van der Waals surface area (Å²) in [6.07, 6.45) is 2.78. The Labute approximate surface area is 90.7 Å². The lowest BCUT2D eigenvalue weighted by molar-refractivity contribution is 0.240. The first-order valence-electron chi connectivity index (χ1n) is 5.23. The Balaban J connectivity index is 2.16. The minimum absolute atomic E-state index is 0.422. The predicted octanol–water partition coefficient (Wildman–Crippen LogP) is 2.18. The van der Waals surface area contributed by atoms with Crippen LogP contribution in [0.5, 0.6) is 0 Å². The first kappa shape index (κ1) is 9.72. The maximum absolute atomic E-state index is 13.0. The van der Waals surface area contributed by atoms with Crippen molar-refractivity contribution in [2.75, 3.05) is 0 Å². The highest BCUT2D eigenvalue weighted by Gasteiger charge is 2.37. The molecule has 1 aromatic carbocycles. The van der Waals surface area contributed by atoms with E-state index in [0.717, 1.165) is 31.4 Å². The van der Waals surface area contributed by atoms with Crippen LogP contribution in [-0.4, -0.2) is 9.97 Å². The van der Waals surface area contributed by atoms with Crippen LogP contribution in [0.3, 0.4) is 0 Å². The van der Waals surface area contributed by atoms with Crippen LogP contribution < -0.4 is 5.73 Å². The Morgan fingerprint density at radius 3 is 2.56 bits per heavy atom. The SMILES string of the molecule is NC1(c2nc3cc(F)c(F)cc3[nH]2)CCC1. The standard InChI is InChI=1S/C11H11F2N3/c12-6-4-8-9(5-7(6)13)16-10(15-8)11(14)2-1-3-11/h4-5H,1-3,14H2,(H,15,16). The average molecular weight is 223 g/mol. The molecule has 2 aromatic rings. The lowest BCUT2D eigenvalue weighted by Crippen LogP contribution is -2.44. The zero-order valence-electron chi connectivity index (χ0n) is 8.56. The molecule has 0 radical (unpaired) electrons. The van der Waals surface area contributed by atoms with Crippen molar-refractivity contribution < 1.29 is 8.78 Å². The van der Waals surface area contributed by atoms with Crippen LogP contribution in [0.1, 0.15) is 25.1 Å². The second-order valence-corrected chi connectivity index (χ2v) is 4.38. The molecule has 1 aliphatic carbocycles. The molecule has 3 rings (SSSR count). The van der Waals surface area contributed by atoms with E-state index < -0.39 is 17.2 Å². The Morgan fingerprint density at radius 2 is 1.94 bits per heavy atom. The molecule has 3 nitrogen and oxygen atoms in total. The molecule has 0 saturated heterocycles. The summed E-state index contributed by atoms with van der Waals surface area (Å²) in [7, 11) is 0. The van der Waals surface area contributed by atoms with Crippen molar-refractivity contribution in [2.45, 2.75) is 24.8 Å². The quantitative estimate of drug-likeness (QED) is 0.778. The van der Waals surface area contributed by atoms with Gasteiger partial charge in [-0.25, -0.2) is 13.8 Å². The van der Waals surface area contributed by atoms with Crippen LogP contribution in [-0.2, 0) is 5.54 Å². The molecule has 1 saturated carbocycles. The first-order chi connectivity index (χ1) is 7.58. The molecule has 0 unspecified atom stereocenters. The molecule has 84 valence electrons. The summed E-state index contributed by atoms with van der Waals surface area (Å²) >= 11 is 0. The number of nitrogens with zero attached hydrogens (tertiary/aromatic N) is 1. The van der Waals surface area contributed by atoms with E-state index in [9.17, 15) is 8.78 Å². The highest BCUT2D eigenvalue weighted by Crippen LogP contribution is 2.37. The number of fused-ring (bicyclic) bond motifs is 1. The minimum Gasteiger partial charge on any atom is -0.340 e. The molecule has 0 aliphatic heterocycles. The summed E-state index contributed by atoms with van der Waals surface area (Å²) in [6, 6.07) is 2.20. The van der Waals surface area contributed by atoms with Gasteiger partial charge in [-0.1, -0.05) is 0 Å². The number of hydrogen-bond acceptors (Lipinski definition) is 2. The van der Waals surface area contributed by atoms with Gasteiger partial charge in [0, 0.05) is 12.1 Å². The number of aromatic amines is 1. The number of nitrogens with two attached hydrogens (primary N) is 1. The van der Waals surface area contributed by atoms with Gasteiger partial charge < -0.3 is 10.7 Å². The van der Waals surface area contributed by atoms with E-state index in [0.29, 0.717) is 16.9 Å². The zero-order valence-corrected chi connectivity index (χ0v) is 8.56. The number of hydrogen-bond donors (Lipinski definition) is 2. The van der Waals surface area contributed by atoms with Crippen LogP contribution in [0.2, 0.25) is 0 Å². The van der Waals surface area contributed by atoms with E-state index in [1.165, 1.54) is 0 Å². The second kappa shape index (κ2) is 3.01. The lowest BCUT2D eigenvalue weighted by Gasteiger charge is -2.35. The van der Waals surface area contributed by atoms with E-state index in [1.807, 2.05) is 0 Å². The summed E-state index contributed by atoms with van der Waals surface area (Å²) in [4.78, 5) is 7.18. The van der Waals surface area contributed by atoms with E-state index in [2.05, 4.69) is 9.97 Å².